The highest BCUT2D eigenvalue weighted by atomic mass is 16.5. The number of carbonyl (C=O) groups is 1. The van der Waals surface area contributed by atoms with Crippen LogP contribution in [0.1, 0.15) is 29.8 Å². The first-order valence-corrected chi connectivity index (χ1v) is 10.1. The molecule has 1 aromatic heterocycles. The summed E-state index contributed by atoms with van der Waals surface area (Å²) in [4.78, 5) is 23.1. The second-order valence-corrected chi connectivity index (χ2v) is 7.88. The van der Waals surface area contributed by atoms with Crippen LogP contribution in [-0.4, -0.2) is 84.1 Å². The van der Waals surface area contributed by atoms with Crippen LogP contribution in [0.5, 0.6) is 0 Å². The van der Waals surface area contributed by atoms with Gasteiger partial charge < -0.3 is 14.6 Å². The number of morpholine rings is 1. The fourth-order valence-corrected chi connectivity index (χ4v) is 4.07. The zero-order valence-electron chi connectivity index (χ0n) is 16.4. The predicted octanol–water partition coefficient (Wildman–Crippen LogP) is 2.17. The zero-order chi connectivity index (χ0) is 18.8. The number of nitrogens with one attached hydrogen (secondary N) is 1. The summed E-state index contributed by atoms with van der Waals surface area (Å²) in [5.41, 5.74) is 3.11. The Morgan fingerprint density at radius 1 is 1.11 bits per heavy atom. The minimum Gasteiger partial charge on any atom is -0.379 e. The fourth-order valence-electron chi connectivity index (χ4n) is 4.07. The van der Waals surface area contributed by atoms with Gasteiger partial charge >= 0.3 is 0 Å². The summed E-state index contributed by atoms with van der Waals surface area (Å²) in [5, 5.41) is 1.21. The average molecular weight is 370 g/mol. The Balaban J connectivity index is 1.45. The highest BCUT2D eigenvalue weighted by Crippen LogP contribution is 2.22. The minimum atomic E-state index is 0.143. The van der Waals surface area contributed by atoms with Crippen LogP contribution in [0.25, 0.3) is 10.9 Å². The summed E-state index contributed by atoms with van der Waals surface area (Å²) in [7, 11) is 0. The first kappa shape index (κ1) is 18.5. The number of H-pyrrole nitrogens is 1. The second-order valence-electron chi connectivity index (χ2n) is 7.88. The number of rotatable bonds is 4. The van der Waals surface area contributed by atoms with Crippen molar-refractivity contribution in [3.05, 3.63) is 35.5 Å². The van der Waals surface area contributed by atoms with Crippen LogP contribution in [0, 0.1) is 0 Å². The lowest BCUT2D eigenvalue weighted by atomic mass is 10.1. The molecule has 0 bridgehead atoms. The summed E-state index contributed by atoms with van der Waals surface area (Å²) in [6.45, 7) is 12.5. The van der Waals surface area contributed by atoms with Crippen molar-refractivity contribution < 1.29 is 9.53 Å². The molecule has 0 unspecified atom stereocenters. The van der Waals surface area contributed by atoms with Gasteiger partial charge in [-0.25, -0.2) is 0 Å². The SMILES string of the molecule is CC(C)N1CCN(C(=O)c2ccc3c(CN4CCOCC4)c[nH]c3c2)CC1. The van der Waals surface area contributed by atoms with Gasteiger partial charge in [-0.3, -0.25) is 14.6 Å². The molecule has 2 aromatic rings. The quantitative estimate of drug-likeness (QED) is 0.896. The molecule has 2 fully saturated rings. The number of nitrogens with zero attached hydrogens (tertiary/aromatic N) is 3. The molecule has 27 heavy (non-hydrogen) atoms. The van der Waals surface area contributed by atoms with Gasteiger partial charge in [-0.2, -0.15) is 0 Å². The fraction of sp³-hybridized carbons (Fsp3) is 0.571. The van der Waals surface area contributed by atoms with Crippen LogP contribution in [-0.2, 0) is 11.3 Å². The molecule has 4 rings (SSSR count). The van der Waals surface area contributed by atoms with Crippen LogP contribution in [0.4, 0.5) is 0 Å². The number of benzene rings is 1. The third kappa shape index (κ3) is 4.03. The Morgan fingerprint density at radius 3 is 2.56 bits per heavy atom. The van der Waals surface area contributed by atoms with Gasteiger partial charge in [0.2, 0.25) is 0 Å². The third-order valence-electron chi connectivity index (χ3n) is 5.84. The van der Waals surface area contributed by atoms with E-state index < -0.39 is 0 Å². The lowest BCUT2D eigenvalue weighted by Crippen LogP contribution is -2.50. The molecular weight excluding hydrogens is 340 g/mol. The topological polar surface area (TPSA) is 51.8 Å². The van der Waals surface area contributed by atoms with E-state index in [9.17, 15) is 4.79 Å². The minimum absolute atomic E-state index is 0.143. The Morgan fingerprint density at radius 2 is 1.85 bits per heavy atom. The van der Waals surface area contributed by atoms with Crippen LogP contribution < -0.4 is 0 Å². The number of carbonyl (C=O) groups excluding carboxylic acids is 1. The normalized spacial score (nSPS) is 19.9. The molecular formula is C21H30N4O2. The van der Waals surface area contributed by atoms with E-state index in [1.807, 2.05) is 17.0 Å². The van der Waals surface area contributed by atoms with Gasteiger partial charge in [-0.05, 0) is 31.5 Å². The number of piperazine rings is 1. The molecule has 2 aliphatic heterocycles. The van der Waals surface area contributed by atoms with Gasteiger partial charge in [0.25, 0.3) is 5.91 Å². The van der Waals surface area contributed by atoms with E-state index in [0.29, 0.717) is 6.04 Å². The first-order valence-electron chi connectivity index (χ1n) is 10.1. The number of aromatic nitrogens is 1. The van der Waals surface area contributed by atoms with E-state index in [2.05, 4.69) is 40.9 Å². The Hall–Kier alpha value is -1.89. The van der Waals surface area contributed by atoms with Crippen molar-refractivity contribution >= 4 is 16.8 Å². The van der Waals surface area contributed by atoms with E-state index in [1.54, 1.807) is 0 Å². The molecule has 6 nitrogen and oxygen atoms in total. The number of ether oxygens (including phenoxy) is 1. The van der Waals surface area contributed by atoms with Gasteiger partial charge in [-0.1, -0.05) is 6.07 Å². The number of hydrogen-bond acceptors (Lipinski definition) is 4. The van der Waals surface area contributed by atoms with Gasteiger partial charge in [-0.15, -0.1) is 0 Å². The maximum absolute atomic E-state index is 12.9. The van der Waals surface area contributed by atoms with E-state index in [1.165, 1.54) is 10.9 Å². The van der Waals surface area contributed by atoms with Crippen molar-refractivity contribution in [2.24, 2.45) is 0 Å². The average Bonchev–Trinajstić information content (AvgIpc) is 3.10. The van der Waals surface area contributed by atoms with E-state index in [-0.39, 0.29) is 5.91 Å². The number of hydrogen-bond donors (Lipinski definition) is 1. The standard InChI is InChI=1S/C21H30N4O2/c1-16(2)24-5-7-25(8-6-24)21(26)17-3-4-19-18(14-22-20(19)13-17)15-23-9-11-27-12-10-23/h3-4,13-14,16,22H,5-12,15H2,1-2H3. The summed E-state index contributed by atoms with van der Waals surface area (Å²) in [5.74, 6) is 0.143. The van der Waals surface area contributed by atoms with Gasteiger partial charge in [0, 0.05) is 74.5 Å². The van der Waals surface area contributed by atoms with Crippen molar-refractivity contribution in [3.63, 3.8) is 0 Å². The van der Waals surface area contributed by atoms with Crippen molar-refractivity contribution in [1.29, 1.82) is 0 Å². The van der Waals surface area contributed by atoms with Gasteiger partial charge in [0.05, 0.1) is 13.2 Å². The van der Waals surface area contributed by atoms with E-state index in [0.717, 1.165) is 70.1 Å². The van der Waals surface area contributed by atoms with Crippen LogP contribution in [0.2, 0.25) is 0 Å². The lowest BCUT2D eigenvalue weighted by molar-refractivity contribution is 0.0343. The van der Waals surface area contributed by atoms with E-state index in [4.69, 9.17) is 4.74 Å². The summed E-state index contributed by atoms with van der Waals surface area (Å²) >= 11 is 0. The van der Waals surface area contributed by atoms with Crippen LogP contribution in [0.3, 0.4) is 0 Å². The second kappa shape index (κ2) is 8.00. The molecule has 0 radical (unpaired) electrons. The molecule has 0 saturated carbocycles. The molecule has 0 atom stereocenters. The first-order chi connectivity index (χ1) is 13.1. The molecule has 0 spiro atoms. The van der Waals surface area contributed by atoms with Crippen LogP contribution >= 0.6 is 0 Å². The summed E-state index contributed by atoms with van der Waals surface area (Å²) in [6, 6.07) is 6.63. The number of amides is 1. The summed E-state index contributed by atoms with van der Waals surface area (Å²) in [6.07, 6.45) is 2.08. The van der Waals surface area contributed by atoms with Gasteiger partial charge in [0.15, 0.2) is 0 Å². The monoisotopic (exact) mass is 370 g/mol. The molecule has 3 heterocycles. The Labute approximate surface area is 161 Å². The largest absolute Gasteiger partial charge is 0.379 e. The maximum atomic E-state index is 12.9. The Kier molecular flexibility index (Phi) is 5.48. The Bertz CT molecular complexity index is 787. The van der Waals surface area contributed by atoms with Gasteiger partial charge in [0.1, 0.15) is 0 Å². The molecule has 2 saturated heterocycles. The lowest BCUT2D eigenvalue weighted by Gasteiger charge is -2.37. The zero-order valence-corrected chi connectivity index (χ0v) is 16.4. The molecule has 146 valence electrons. The molecule has 1 N–H and O–H groups in total. The van der Waals surface area contributed by atoms with Crippen molar-refractivity contribution in [1.82, 2.24) is 19.7 Å². The predicted molar refractivity (Wildman–Crippen MR) is 107 cm³/mol. The van der Waals surface area contributed by atoms with Crippen molar-refractivity contribution in [2.45, 2.75) is 26.4 Å². The smallest absolute Gasteiger partial charge is 0.254 e. The molecule has 6 heteroatoms. The molecule has 2 aliphatic rings. The molecule has 1 amide bonds. The molecule has 1 aromatic carbocycles. The summed E-state index contributed by atoms with van der Waals surface area (Å²) < 4.78 is 5.43. The third-order valence-corrected chi connectivity index (χ3v) is 5.84. The van der Waals surface area contributed by atoms with Crippen molar-refractivity contribution in [3.8, 4) is 0 Å². The van der Waals surface area contributed by atoms with Crippen molar-refractivity contribution in [2.75, 3.05) is 52.5 Å². The highest BCUT2D eigenvalue weighted by molar-refractivity contribution is 5.98. The van der Waals surface area contributed by atoms with E-state index >= 15 is 0 Å². The number of aromatic amines is 1. The highest BCUT2D eigenvalue weighted by Gasteiger charge is 2.23. The van der Waals surface area contributed by atoms with Crippen LogP contribution in [0.15, 0.2) is 24.4 Å². The maximum Gasteiger partial charge on any atom is 0.254 e. The molecule has 0 aliphatic carbocycles. The number of fused-ring (bicyclic) bond motifs is 1.